The molecule has 0 amide bonds. The molecule has 0 saturated heterocycles. The number of aromatic nitrogens is 1. The highest BCUT2D eigenvalue weighted by Gasteiger charge is 2.04. The first-order valence-corrected chi connectivity index (χ1v) is 5.43. The summed E-state index contributed by atoms with van der Waals surface area (Å²) in [5, 5.41) is 0. The summed E-state index contributed by atoms with van der Waals surface area (Å²) in [5.41, 5.74) is 1.86. The van der Waals surface area contributed by atoms with Crippen LogP contribution in [0.4, 0.5) is 0 Å². The second-order valence-corrected chi connectivity index (χ2v) is 3.68. The van der Waals surface area contributed by atoms with Gasteiger partial charge in [-0.25, -0.2) is 0 Å². The van der Waals surface area contributed by atoms with E-state index >= 15 is 0 Å². The fourth-order valence-corrected chi connectivity index (χ4v) is 1.46. The molecule has 2 rings (SSSR count). The molecule has 0 spiro atoms. The molecule has 0 atom stereocenters. The van der Waals surface area contributed by atoms with Crippen LogP contribution in [0.1, 0.15) is 11.1 Å². The predicted octanol–water partition coefficient (Wildman–Crippen LogP) is 2.37. The van der Waals surface area contributed by atoms with Crippen molar-refractivity contribution in [3.63, 3.8) is 0 Å². The maximum Gasteiger partial charge on any atom is 0.310 e. The Bertz CT molecular complexity index is 468. The van der Waals surface area contributed by atoms with Crippen molar-refractivity contribution in [1.82, 2.24) is 4.98 Å². The quantitative estimate of drug-likeness (QED) is 0.753. The molecule has 0 radical (unpaired) electrons. The smallest absolute Gasteiger partial charge is 0.310 e. The van der Waals surface area contributed by atoms with Gasteiger partial charge in [-0.15, -0.1) is 0 Å². The van der Waals surface area contributed by atoms with E-state index < -0.39 is 0 Å². The second-order valence-electron chi connectivity index (χ2n) is 3.68. The highest BCUT2D eigenvalue weighted by molar-refractivity contribution is 5.72. The molecule has 0 aliphatic rings. The molecular weight excluding hydrogens is 214 g/mol. The van der Waals surface area contributed by atoms with E-state index in [9.17, 15) is 4.79 Å². The number of hydrogen-bond acceptors (Lipinski definition) is 3. The summed E-state index contributed by atoms with van der Waals surface area (Å²) in [6.45, 7) is 0.319. The van der Waals surface area contributed by atoms with Gasteiger partial charge in [0.15, 0.2) is 0 Å². The maximum atomic E-state index is 11.5. The summed E-state index contributed by atoms with van der Waals surface area (Å²) in [6, 6.07) is 13.3. The van der Waals surface area contributed by atoms with Crippen LogP contribution in [-0.4, -0.2) is 11.0 Å². The Labute approximate surface area is 100 Å². The first-order chi connectivity index (χ1) is 8.34. The molecule has 3 heteroatoms. The zero-order chi connectivity index (χ0) is 11.9. The maximum absolute atomic E-state index is 11.5. The average molecular weight is 227 g/mol. The van der Waals surface area contributed by atoms with E-state index in [4.69, 9.17) is 4.74 Å². The van der Waals surface area contributed by atoms with Crippen LogP contribution in [0.2, 0.25) is 0 Å². The molecule has 0 fully saturated rings. The van der Waals surface area contributed by atoms with Gasteiger partial charge in [-0.2, -0.15) is 0 Å². The standard InChI is InChI=1S/C14H13NO2/c16-14(9-13-7-4-8-15-10-13)17-11-12-5-2-1-3-6-12/h1-8,10H,9,11H2. The van der Waals surface area contributed by atoms with Crippen molar-refractivity contribution in [2.75, 3.05) is 0 Å². The molecule has 86 valence electrons. The minimum absolute atomic E-state index is 0.234. The molecule has 1 aromatic carbocycles. The minimum atomic E-state index is -0.234. The van der Waals surface area contributed by atoms with Gasteiger partial charge in [0.1, 0.15) is 6.61 Å². The van der Waals surface area contributed by atoms with Gasteiger partial charge in [-0.05, 0) is 17.2 Å². The van der Waals surface area contributed by atoms with Crippen molar-refractivity contribution >= 4 is 5.97 Å². The van der Waals surface area contributed by atoms with E-state index in [-0.39, 0.29) is 12.4 Å². The molecule has 0 bridgehead atoms. The number of ether oxygens (including phenoxy) is 1. The first-order valence-electron chi connectivity index (χ1n) is 5.43. The van der Waals surface area contributed by atoms with E-state index in [0.29, 0.717) is 6.61 Å². The molecule has 17 heavy (non-hydrogen) atoms. The Morgan fingerprint density at radius 1 is 1.06 bits per heavy atom. The molecule has 0 N–H and O–H groups in total. The Balaban J connectivity index is 1.83. The number of pyridine rings is 1. The Kier molecular flexibility index (Phi) is 3.86. The third-order valence-corrected chi connectivity index (χ3v) is 2.31. The molecule has 1 aromatic heterocycles. The van der Waals surface area contributed by atoms with Crippen molar-refractivity contribution in [2.24, 2.45) is 0 Å². The lowest BCUT2D eigenvalue weighted by molar-refractivity contribution is -0.144. The van der Waals surface area contributed by atoms with Crippen LogP contribution in [0, 0.1) is 0 Å². The number of carbonyl (C=O) groups excluding carboxylic acids is 1. The SMILES string of the molecule is O=C(Cc1cccnc1)OCc1ccccc1. The van der Waals surface area contributed by atoms with Gasteiger partial charge < -0.3 is 4.74 Å². The fourth-order valence-electron chi connectivity index (χ4n) is 1.46. The number of hydrogen-bond donors (Lipinski definition) is 0. The van der Waals surface area contributed by atoms with E-state index in [0.717, 1.165) is 11.1 Å². The van der Waals surface area contributed by atoms with Gasteiger partial charge in [0.2, 0.25) is 0 Å². The first kappa shape index (κ1) is 11.3. The minimum Gasteiger partial charge on any atom is -0.461 e. The van der Waals surface area contributed by atoms with E-state index in [1.54, 1.807) is 18.5 Å². The van der Waals surface area contributed by atoms with Crippen molar-refractivity contribution in [1.29, 1.82) is 0 Å². The highest BCUT2D eigenvalue weighted by Crippen LogP contribution is 2.03. The predicted molar refractivity (Wildman–Crippen MR) is 64.2 cm³/mol. The third kappa shape index (κ3) is 3.72. The Hall–Kier alpha value is -2.16. The van der Waals surface area contributed by atoms with Crippen LogP contribution >= 0.6 is 0 Å². The van der Waals surface area contributed by atoms with Crippen molar-refractivity contribution in [3.05, 3.63) is 66.0 Å². The molecular formula is C14H13NO2. The second kappa shape index (κ2) is 5.80. The number of carbonyl (C=O) groups is 1. The average Bonchev–Trinajstić information content (AvgIpc) is 2.39. The van der Waals surface area contributed by atoms with Gasteiger partial charge in [-0.1, -0.05) is 36.4 Å². The van der Waals surface area contributed by atoms with E-state index in [1.807, 2.05) is 36.4 Å². The number of esters is 1. The van der Waals surface area contributed by atoms with Gasteiger partial charge in [0.25, 0.3) is 0 Å². The molecule has 0 saturated carbocycles. The zero-order valence-electron chi connectivity index (χ0n) is 9.37. The molecule has 0 aliphatic heterocycles. The summed E-state index contributed by atoms with van der Waals surface area (Å²) < 4.78 is 5.17. The Morgan fingerprint density at radius 3 is 2.53 bits per heavy atom. The largest absolute Gasteiger partial charge is 0.461 e. The van der Waals surface area contributed by atoms with E-state index in [1.165, 1.54) is 0 Å². The monoisotopic (exact) mass is 227 g/mol. The lowest BCUT2D eigenvalue weighted by atomic mass is 10.2. The van der Waals surface area contributed by atoms with Gasteiger partial charge in [0, 0.05) is 12.4 Å². The summed E-state index contributed by atoms with van der Waals surface area (Å²) in [5.74, 6) is -0.234. The molecule has 0 aliphatic carbocycles. The fraction of sp³-hybridized carbons (Fsp3) is 0.143. The highest BCUT2D eigenvalue weighted by atomic mass is 16.5. The van der Waals surface area contributed by atoms with Crippen molar-refractivity contribution < 1.29 is 9.53 Å². The topological polar surface area (TPSA) is 39.2 Å². The van der Waals surface area contributed by atoms with Gasteiger partial charge in [0.05, 0.1) is 6.42 Å². The Morgan fingerprint density at radius 2 is 1.82 bits per heavy atom. The van der Waals surface area contributed by atoms with Crippen molar-refractivity contribution in [2.45, 2.75) is 13.0 Å². The summed E-state index contributed by atoms with van der Waals surface area (Å²) in [4.78, 5) is 15.5. The summed E-state index contributed by atoms with van der Waals surface area (Å²) in [6.07, 6.45) is 3.61. The third-order valence-electron chi connectivity index (χ3n) is 2.31. The van der Waals surface area contributed by atoms with Crippen LogP contribution in [0.15, 0.2) is 54.9 Å². The lowest BCUT2D eigenvalue weighted by Crippen LogP contribution is -2.08. The van der Waals surface area contributed by atoms with Crippen LogP contribution in [-0.2, 0) is 22.6 Å². The summed E-state index contributed by atoms with van der Waals surface area (Å²) in [7, 11) is 0. The zero-order valence-corrected chi connectivity index (χ0v) is 9.37. The molecule has 1 heterocycles. The van der Waals surface area contributed by atoms with Crippen LogP contribution in [0.25, 0.3) is 0 Å². The van der Waals surface area contributed by atoms with Crippen LogP contribution in [0.5, 0.6) is 0 Å². The number of nitrogens with zero attached hydrogens (tertiary/aromatic N) is 1. The van der Waals surface area contributed by atoms with Gasteiger partial charge in [-0.3, -0.25) is 9.78 Å². The van der Waals surface area contributed by atoms with Crippen LogP contribution in [0.3, 0.4) is 0 Å². The lowest BCUT2D eigenvalue weighted by Gasteiger charge is -2.04. The number of rotatable bonds is 4. The molecule has 3 nitrogen and oxygen atoms in total. The number of benzene rings is 1. The van der Waals surface area contributed by atoms with Crippen molar-refractivity contribution in [3.8, 4) is 0 Å². The molecule has 0 unspecified atom stereocenters. The van der Waals surface area contributed by atoms with Gasteiger partial charge >= 0.3 is 5.97 Å². The molecule has 2 aromatic rings. The van der Waals surface area contributed by atoms with Crippen LogP contribution < -0.4 is 0 Å². The normalized spacial score (nSPS) is 9.88. The summed E-state index contributed by atoms with van der Waals surface area (Å²) >= 11 is 0. The van der Waals surface area contributed by atoms with E-state index in [2.05, 4.69) is 4.98 Å².